The molecule has 1 aromatic carbocycles. The molecule has 0 fully saturated rings. The molecule has 0 aliphatic rings. The standard InChI is InChI=1S/C16H16ClNO4/c1-10-3-5-12(22-10)6-8-15(19)18-14-9-11(17)4-7-13(14)16(20)21-2/h3-5,7,9H,6,8H2,1-2H3,(H,18,19). The van der Waals surface area contributed by atoms with Crippen molar-refractivity contribution >= 4 is 29.2 Å². The zero-order chi connectivity index (χ0) is 16.1. The summed E-state index contributed by atoms with van der Waals surface area (Å²) in [5.41, 5.74) is 0.592. The van der Waals surface area contributed by atoms with Crippen LogP contribution in [0.25, 0.3) is 0 Å². The van der Waals surface area contributed by atoms with Gasteiger partial charge in [-0.05, 0) is 37.3 Å². The van der Waals surface area contributed by atoms with Crippen LogP contribution in [0.2, 0.25) is 5.02 Å². The Kier molecular flexibility index (Phi) is 5.22. The van der Waals surface area contributed by atoms with Gasteiger partial charge in [-0.15, -0.1) is 0 Å². The van der Waals surface area contributed by atoms with Crippen molar-refractivity contribution in [2.24, 2.45) is 0 Å². The predicted molar refractivity (Wildman–Crippen MR) is 83.2 cm³/mol. The van der Waals surface area contributed by atoms with Gasteiger partial charge >= 0.3 is 5.97 Å². The Labute approximate surface area is 133 Å². The molecule has 2 aromatic rings. The molecule has 0 aliphatic carbocycles. The van der Waals surface area contributed by atoms with Gasteiger partial charge in [-0.3, -0.25) is 4.79 Å². The monoisotopic (exact) mass is 321 g/mol. The van der Waals surface area contributed by atoms with Gasteiger partial charge in [0.1, 0.15) is 11.5 Å². The number of carbonyl (C=O) groups is 2. The van der Waals surface area contributed by atoms with E-state index in [-0.39, 0.29) is 17.9 Å². The lowest BCUT2D eigenvalue weighted by atomic mass is 10.1. The molecule has 6 heteroatoms. The zero-order valence-electron chi connectivity index (χ0n) is 12.3. The lowest BCUT2D eigenvalue weighted by Gasteiger charge is -2.10. The van der Waals surface area contributed by atoms with Gasteiger partial charge in [0, 0.05) is 17.9 Å². The largest absolute Gasteiger partial charge is 0.466 e. The van der Waals surface area contributed by atoms with Crippen LogP contribution in [0.3, 0.4) is 0 Å². The number of benzene rings is 1. The number of hydrogen-bond donors (Lipinski definition) is 1. The average Bonchev–Trinajstić information content (AvgIpc) is 2.90. The van der Waals surface area contributed by atoms with Crippen LogP contribution in [0.15, 0.2) is 34.7 Å². The predicted octanol–water partition coefficient (Wildman–Crippen LogP) is 3.60. The second-order valence-corrected chi connectivity index (χ2v) is 5.18. The molecular weight excluding hydrogens is 306 g/mol. The van der Waals surface area contributed by atoms with Crippen LogP contribution in [-0.4, -0.2) is 19.0 Å². The Hall–Kier alpha value is -2.27. The first-order valence-corrected chi connectivity index (χ1v) is 7.10. The summed E-state index contributed by atoms with van der Waals surface area (Å²) in [6.07, 6.45) is 0.716. The van der Waals surface area contributed by atoms with E-state index in [4.69, 9.17) is 16.0 Å². The van der Waals surface area contributed by atoms with Crippen molar-refractivity contribution in [2.45, 2.75) is 19.8 Å². The van der Waals surface area contributed by atoms with E-state index < -0.39 is 5.97 Å². The molecule has 0 saturated carbocycles. The maximum absolute atomic E-state index is 12.0. The van der Waals surface area contributed by atoms with Crippen LogP contribution in [-0.2, 0) is 16.0 Å². The number of nitrogens with one attached hydrogen (secondary N) is 1. The van der Waals surface area contributed by atoms with Crippen molar-refractivity contribution in [3.63, 3.8) is 0 Å². The van der Waals surface area contributed by atoms with E-state index in [1.54, 1.807) is 6.07 Å². The fourth-order valence-corrected chi connectivity index (χ4v) is 2.15. The van der Waals surface area contributed by atoms with Crippen molar-refractivity contribution in [1.82, 2.24) is 0 Å². The number of carbonyl (C=O) groups excluding carboxylic acids is 2. The van der Waals surface area contributed by atoms with E-state index in [2.05, 4.69) is 10.1 Å². The Morgan fingerprint density at radius 2 is 2.05 bits per heavy atom. The molecule has 0 saturated heterocycles. The highest BCUT2D eigenvalue weighted by Crippen LogP contribution is 2.22. The molecular formula is C16H16ClNO4. The molecule has 116 valence electrons. The van der Waals surface area contributed by atoms with Crippen molar-refractivity contribution in [3.05, 3.63) is 52.4 Å². The molecule has 5 nitrogen and oxygen atoms in total. The summed E-state index contributed by atoms with van der Waals surface area (Å²) in [6, 6.07) is 8.28. The van der Waals surface area contributed by atoms with Crippen LogP contribution < -0.4 is 5.32 Å². The molecule has 0 aliphatic heterocycles. The molecule has 0 bridgehead atoms. The zero-order valence-corrected chi connectivity index (χ0v) is 13.1. The maximum Gasteiger partial charge on any atom is 0.339 e. The molecule has 0 spiro atoms. The Morgan fingerprint density at radius 1 is 1.27 bits per heavy atom. The number of halogens is 1. The minimum absolute atomic E-state index is 0.235. The summed E-state index contributed by atoms with van der Waals surface area (Å²) in [4.78, 5) is 23.7. The first-order valence-electron chi connectivity index (χ1n) is 6.72. The smallest absolute Gasteiger partial charge is 0.339 e. The molecule has 0 unspecified atom stereocenters. The van der Waals surface area contributed by atoms with Gasteiger partial charge in [-0.1, -0.05) is 11.6 Å². The summed E-state index contributed by atoms with van der Waals surface area (Å²) < 4.78 is 10.1. The van der Waals surface area contributed by atoms with E-state index in [0.717, 1.165) is 11.5 Å². The third-order valence-corrected chi connectivity index (χ3v) is 3.29. The summed E-state index contributed by atoms with van der Waals surface area (Å²) in [6.45, 7) is 1.85. The van der Waals surface area contributed by atoms with Crippen LogP contribution in [0.5, 0.6) is 0 Å². The summed E-state index contributed by atoms with van der Waals surface area (Å²) in [5, 5.41) is 3.10. The van der Waals surface area contributed by atoms with Gasteiger partial charge in [0.25, 0.3) is 0 Å². The van der Waals surface area contributed by atoms with Crippen molar-refractivity contribution in [2.75, 3.05) is 12.4 Å². The molecule has 1 N–H and O–H groups in total. The number of hydrogen-bond acceptors (Lipinski definition) is 4. The van der Waals surface area contributed by atoms with Crippen LogP contribution in [0, 0.1) is 6.92 Å². The number of ether oxygens (including phenoxy) is 1. The van der Waals surface area contributed by atoms with Gasteiger partial charge in [0.05, 0.1) is 18.4 Å². The highest BCUT2D eigenvalue weighted by atomic mass is 35.5. The SMILES string of the molecule is COC(=O)c1ccc(Cl)cc1NC(=O)CCc1ccc(C)o1. The highest BCUT2D eigenvalue weighted by molar-refractivity contribution is 6.31. The van der Waals surface area contributed by atoms with Gasteiger partial charge in [-0.2, -0.15) is 0 Å². The van der Waals surface area contributed by atoms with E-state index in [1.807, 2.05) is 19.1 Å². The van der Waals surface area contributed by atoms with Crippen molar-refractivity contribution in [1.29, 1.82) is 0 Å². The third kappa shape index (κ3) is 4.11. The van der Waals surface area contributed by atoms with E-state index in [9.17, 15) is 9.59 Å². The number of furan rings is 1. The molecule has 22 heavy (non-hydrogen) atoms. The van der Waals surface area contributed by atoms with Gasteiger partial charge in [0.15, 0.2) is 0 Å². The molecule has 1 amide bonds. The molecule has 0 radical (unpaired) electrons. The molecule has 0 atom stereocenters. The first-order chi connectivity index (χ1) is 10.5. The number of methoxy groups -OCH3 is 1. The van der Waals surface area contributed by atoms with Gasteiger partial charge in [-0.25, -0.2) is 4.79 Å². The number of anilines is 1. The summed E-state index contributed by atoms with van der Waals surface area (Å²) >= 11 is 5.91. The second-order valence-electron chi connectivity index (χ2n) is 4.74. The fourth-order valence-electron chi connectivity index (χ4n) is 1.98. The third-order valence-electron chi connectivity index (χ3n) is 3.06. The lowest BCUT2D eigenvalue weighted by Crippen LogP contribution is -2.15. The highest BCUT2D eigenvalue weighted by Gasteiger charge is 2.14. The van der Waals surface area contributed by atoms with E-state index in [0.29, 0.717) is 17.1 Å². The van der Waals surface area contributed by atoms with E-state index >= 15 is 0 Å². The number of aryl methyl sites for hydroxylation is 2. The minimum atomic E-state index is -0.534. The van der Waals surface area contributed by atoms with Crippen molar-refractivity contribution < 1.29 is 18.7 Å². The average molecular weight is 322 g/mol. The number of amides is 1. The summed E-state index contributed by atoms with van der Waals surface area (Å²) in [5.74, 6) is 0.778. The molecule has 1 aromatic heterocycles. The first kappa shape index (κ1) is 16.1. The Bertz CT molecular complexity index is 693. The van der Waals surface area contributed by atoms with Crippen LogP contribution in [0.1, 0.15) is 28.3 Å². The fraction of sp³-hybridized carbons (Fsp3) is 0.250. The van der Waals surface area contributed by atoms with Gasteiger partial charge < -0.3 is 14.5 Å². The molecule has 2 rings (SSSR count). The summed E-state index contributed by atoms with van der Waals surface area (Å²) in [7, 11) is 1.28. The second kappa shape index (κ2) is 7.13. The Morgan fingerprint density at radius 3 is 2.68 bits per heavy atom. The molecule has 1 heterocycles. The maximum atomic E-state index is 12.0. The van der Waals surface area contributed by atoms with Gasteiger partial charge in [0.2, 0.25) is 5.91 Å². The number of esters is 1. The quantitative estimate of drug-likeness (QED) is 0.854. The van der Waals surface area contributed by atoms with E-state index in [1.165, 1.54) is 19.2 Å². The van der Waals surface area contributed by atoms with Crippen molar-refractivity contribution in [3.8, 4) is 0 Å². The van der Waals surface area contributed by atoms with Crippen LogP contribution >= 0.6 is 11.6 Å². The minimum Gasteiger partial charge on any atom is -0.466 e. The topological polar surface area (TPSA) is 68.5 Å². The number of rotatable bonds is 5. The normalized spacial score (nSPS) is 10.3. The lowest BCUT2D eigenvalue weighted by molar-refractivity contribution is -0.116. The Balaban J connectivity index is 2.04. The van der Waals surface area contributed by atoms with Crippen LogP contribution in [0.4, 0.5) is 5.69 Å².